The van der Waals surface area contributed by atoms with Crippen LogP contribution in [-0.2, 0) is 10.2 Å². The lowest BCUT2D eigenvalue weighted by molar-refractivity contribution is -0.147. The minimum atomic E-state index is -0.809. The molecule has 0 amide bonds. The lowest BCUT2D eigenvalue weighted by atomic mass is 9.68. The fraction of sp³-hybridized carbons (Fsp3) is 0.545. The third kappa shape index (κ3) is 1.50. The minimum Gasteiger partial charge on any atom is -0.480 e. The van der Waals surface area contributed by atoms with E-state index in [9.17, 15) is 9.90 Å². The lowest BCUT2D eigenvalue weighted by Crippen LogP contribution is -2.44. The van der Waals surface area contributed by atoms with Gasteiger partial charge in [0.25, 0.3) is 0 Å². The van der Waals surface area contributed by atoms with Crippen molar-refractivity contribution in [2.75, 3.05) is 0 Å². The van der Waals surface area contributed by atoms with Crippen molar-refractivity contribution in [1.29, 1.82) is 0 Å². The maximum absolute atomic E-state index is 11.2. The highest BCUT2D eigenvalue weighted by Crippen LogP contribution is 2.42. The zero-order valence-electron chi connectivity index (χ0n) is 8.95. The Bertz CT molecular complexity index is 391. The molecule has 0 saturated heterocycles. The summed E-state index contributed by atoms with van der Waals surface area (Å²) in [4.78, 5) is 19.8. The number of hydrogen-bond acceptors (Lipinski definition) is 3. The van der Waals surface area contributed by atoms with Crippen molar-refractivity contribution < 1.29 is 9.90 Å². The standard InChI is InChI=1S/C11H14N2O2/c1-7-6-8(2)13-9(12-7)11(10(14)15)4-3-5-11/h6H,3-5H2,1-2H3,(H,14,15). The highest BCUT2D eigenvalue weighted by atomic mass is 16.4. The van der Waals surface area contributed by atoms with Crippen LogP contribution in [0.3, 0.4) is 0 Å². The summed E-state index contributed by atoms with van der Waals surface area (Å²) < 4.78 is 0. The third-order valence-corrected chi connectivity index (χ3v) is 3.03. The predicted octanol–water partition coefficient (Wildman–Crippen LogP) is 1.60. The Morgan fingerprint density at radius 3 is 2.20 bits per heavy atom. The predicted molar refractivity (Wildman–Crippen MR) is 54.7 cm³/mol. The number of aromatic nitrogens is 2. The maximum atomic E-state index is 11.2. The van der Waals surface area contributed by atoms with Crippen LogP contribution < -0.4 is 0 Å². The molecular formula is C11H14N2O2. The van der Waals surface area contributed by atoms with Crippen LogP contribution in [0.2, 0.25) is 0 Å². The summed E-state index contributed by atoms with van der Waals surface area (Å²) in [6, 6.07) is 1.86. The molecule has 1 heterocycles. The van der Waals surface area contributed by atoms with E-state index in [0.717, 1.165) is 17.8 Å². The van der Waals surface area contributed by atoms with Gasteiger partial charge in [0, 0.05) is 11.4 Å². The zero-order chi connectivity index (χ0) is 11.1. The second-order valence-electron chi connectivity index (χ2n) is 4.22. The van der Waals surface area contributed by atoms with Crippen LogP contribution in [0.5, 0.6) is 0 Å². The topological polar surface area (TPSA) is 63.1 Å². The van der Waals surface area contributed by atoms with Crippen molar-refractivity contribution in [3.63, 3.8) is 0 Å². The number of rotatable bonds is 2. The first-order valence-electron chi connectivity index (χ1n) is 5.11. The summed E-state index contributed by atoms with van der Waals surface area (Å²) in [6.45, 7) is 3.73. The van der Waals surface area contributed by atoms with E-state index < -0.39 is 11.4 Å². The maximum Gasteiger partial charge on any atom is 0.317 e. The van der Waals surface area contributed by atoms with Gasteiger partial charge in [0.1, 0.15) is 11.2 Å². The van der Waals surface area contributed by atoms with E-state index in [4.69, 9.17) is 0 Å². The molecule has 0 bridgehead atoms. The van der Waals surface area contributed by atoms with Gasteiger partial charge in [-0.3, -0.25) is 4.79 Å². The summed E-state index contributed by atoms with van der Waals surface area (Å²) >= 11 is 0. The van der Waals surface area contributed by atoms with E-state index in [1.807, 2.05) is 19.9 Å². The van der Waals surface area contributed by atoms with Crippen molar-refractivity contribution in [2.24, 2.45) is 0 Å². The van der Waals surface area contributed by atoms with Gasteiger partial charge in [0.2, 0.25) is 0 Å². The Morgan fingerprint density at radius 1 is 1.33 bits per heavy atom. The van der Waals surface area contributed by atoms with E-state index in [1.165, 1.54) is 0 Å². The third-order valence-electron chi connectivity index (χ3n) is 3.03. The molecule has 80 valence electrons. The number of hydrogen-bond donors (Lipinski definition) is 1. The van der Waals surface area contributed by atoms with Gasteiger partial charge in [-0.1, -0.05) is 6.42 Å². The molecule has 2 rings (SSSR count). The number of aliphatic carboxylic acids is 1. The molecule has 1 fully saturated rings. The number of nitrogens with zero attached hydrogens (tertiary/aromatic N) is 2. The van der Waals surface area contributed by atoms with Gasteiger partial charge in [-0.05, 0) is 32.8 Å². The Hall–Kier alpha value is -1.45. The zero-order valence-corrected chi connectivity index (χ0v) is 8.95. The summed E-state index contributed by atoms with van der Waals surface area (Å²) in [7, 11) is 0. The van der Waals surface area contributed by atoms with Crippen LogP contribution in [0.1, 0.15) is 36.5 Å². The lowest BCUT2D eigenvalue weighted by Gasteiger charge is -2.36. The molecule has 1 aromatic heterocycles. The average Bonchev–Trinajstić information content (AvgIpc) is 1.97. The summed E-state index contributed by atoms with van der Waals surface area (Å²) in [5.41, 5.74) is 0.867. The number of carbonyl (C=O) groups is 1. The molecule has 4 nitrogen and oxygen atoms in total. The molecule has 0 atom stereocenters. The van der Waals surface area contributed by atoms with Crippen LogP contribution >= 0.6 is 0 Å². The van der Waals surface area contributed by atoms with Crippen LogP contribution in [0.4, 0.5) is 0 Å². The van der Waals surface area contributed by atoms with E-state index in [1.54, 1.807) is 0 Å². The van der Waals surface area contributed by atoms with Crippen LogP contribution in [0.15, 0.2) is 6.07 Å². The molecule has 0 spiro atoms. The number of aryl methyl sites for hydroxylation is 2. The molecule has 1 aromatic rings. The number of carboxylic acids is 1. The van der Waals surface area contributed by atoms with Crippen molar-refractivity contribution >= 4 is 5.97 Å². The Balaban J connectivity index is 2.47. The summed E-state index contributed by atoms with van der Waals surface area (Å²) in [5.74, 6) is -0.308. The first kappa shape index (κ1) is 10.1. The molecular weight excluding hydrogens is 192 g/mol. The monoisotopic (exact) mass is 206 g/mol. The molecule has 0 aliphatic heterocycles. The van der Waals surface area contributed by atoms with Crippen LogP contribution in [-0.4, -0.2) is 21.0 Å². The van der Waals surface area contributed by atoms with E-state index in [-0.39, 0.29) is 0 Å². The van der Waals surface area contributed by atoms with E-state index >= 15 is 0 Å². The molecule has 4 heteroatoms. The Labute approximate surface area is 88.4 Å². The summed E-state index contributed by atoms with van der Waals surface area (Å²) in [5, 5.41) is 9.24. The van der Waals surface area contributed by atoms with E-state index in [0.29, 0.717) is 18.7 Å². The van der Waals surface area contributed by atoms with Crippen LogP contribution in [0, 0.1) is 13.8 Å². The SMILES string of the molecule is Cc1cc(C)nc(C2(C(=O)O)CCC2)n1. The highest BCUT2D eigenvalue weighted by molar-refractivity contribution is 5.81. The molecule has 15 heavy (non-hydrogen) atoms. The van der Waals surface area contributed by atoms with Crippen molar-refractivity contribution in [2.45, 2.75) is 38.5 Å². The molecule has 1 aliphatic carbocycles. The number of carboxylic acid groups (broad SMARTS) is 1. The normalized spacial score (nSPS) is 18.3. The molecule has 1 N–H and O–H groups in total. The first-order valence-corrected chi connectivity index (χ1v) is 5.11. The van der Waals surface area contributed by atoms with Crippen LogP contribution in [0.25, 0.3) is 0 Å². The smallest absolute Gasteiger partial charge is 0.317 e. The van der Waals surface area contributed by atoms with Gasteiger partial charge < -0.3 is 5.11 Å². The van der Waals surface area contributed by atoms with Gasteiger partial charge in [0.05, 0.1) is 0 Å². The molecule has 0 aromatic carbocycles. The second kappa shape index (κ2) is 3.29. The van der Waals surface area contributed by atoms with Crippen molar-refractivity contribution in [3.05, 3.63) is 23.3 Å². The highest BCUT2D eigenvalue weighted by Gasteiger charge is 2.48. The van der Waals surface area contributed by atoms with E-state index in [2.05, 4.69) is 9.97 Å². The van der Waals surface area contributed by atoms with Gasteiger partial charge in [-0.2, -0.15) is 0 Å². The Morgan fingerprint density at radius 2 is 1.87 bits per heavy atom. The fourth-order valence-electron chi connectivity index (χ4n) is 2.00. The molecule has 0 radical (unpaired) electrons. The minimum absolute atomic E-state index is 0.485. The average molecular weight is 206 g/mol. The van der Waals surface area contributed by atoms with Gasteiger partial charge in [-0.25, -0.2) is 9.97 Å². The Kier molecular flexibility index (Phi) is 2.21. The molecule has 1 saturated carbocycles. The largest absolute Gasteiger partial charge is 0.480 e. The molecule has 1 aliphatic rings. The summed E-state index contributed by atoms with van der Waals surface area (Å²) in [6.07, 6.45) is 2.26. The van der Waals surface area contributed by atoms with Gasteiger partial charge in [0.15, 0.2) is 0 Å². The van der Waals surface area contributed by atoms with Crippen molar-refractivity contribution in [1.82, 2.24) is 9.97 Å². The first-order chi connectivity index (χ1) is 7.04. The van der Waals surface area contributed by atoms with Gasteiger partial charge >= 0.3 is 5.97 Å². The molecule has 0 unspecified atom stereocenters. The van der Waals surface area contributed by atoms with Gasteiger partial charge in [-0.15, -0.1) is 0 Å². The second-order valence-corrected chi connectivity index (χ2v) is 4.22. The quantitative estimate of drug-likeness (QED) is 0.798. The fourth-order valence-corrected chi connectivity index (χ4v) is 2.00. The van der Waals surface area contributed by atoms with Crippen molar-refractivity contribution in [3.8, 4) is 0 Å².